The van der Waals surface area contributed by atoms with Crippen molar-refractivity contribution < 1.29 is 9.59 Å². The highest BCUT2D eigenvalue weighted by Crippen LogP contribution is 2.32. The van der Waals surface area contributed by atoms with Crippen LogP contribution in [0, 0.1) is 5.92 Å². The van der Waals surface area contributed by atoms with Gasteiger partial charge in [-0.15, -0.1) is 0 Å². The van der Waals surface area contributed by atoms with E-state index in [2.05, 4.69) is 5.32 Å². The third-order valence-corrected chi connectivity index (χ3v) is 4.91. The third kappa shape index (κ3) is 3.04. The summed E-state index contributed by atoms with van der Waals surface area (Å²) in [5.41, 5.74) is 1.45. The van der Waals surface area contributed by atoms with Crippen molar-refractivity contribution in [1.82, 2.24) is 0 Å². The highest BCUT2D eigenvalue weighted by molar-refractivity contribution is 6.31. The molecule has 0 bridgehead atoms. The summed E-state index contributed by atoms with van der Waals surface area (Å²) in [5, 5.41) is 5.42. The molecule has 1 saturated heterocycles. The second kappa shape index (κ2) is 6.81. The normalized spacial score (nSPS) is 16.9. The summed E-state index contributed by atoms with van der Waals surface area (Å²) in [6.45, 7) is 0.528. The van der Waals surface area contributed by atoms with Gasteiger partial charge in [-0.05, 0) is 36.1 Å². The van der Waals surface area contributed by atoms with E-state index in [4.69, 9.17) is 11.6 Å². The van der Waals surface area contributed by atoms with Crippen molar-refractivity contribution in [1.29, 1.82) is 0 Å². The molecular weight excluding hydrogens is 348 g/mol. The number of hydrogen-bond acceptors (Lipinski definition) is 2. The number of fused-ring (bicyclic) bond motifs is 1. The van der Waals surface area contributed by atoms with Gasteiger partial charge in [-0.3, -0.25) is 9.59 Å². The van der Waals surface area contributed by atoms with Crippen LogP contribution < -0.4 is 10.2 Å². The van der Waals surface area contributed by atoms with E-state index in [9.17, 15) is 9.59 Å². The topological polar surface area (TPSA) is 49.4 Å². The van der Waals surface area contributed by atoms with Crippen LogP contribution in [0.4, 0.5) is 11.4 Å². The number of nitrogens with zero attached hydrogens (tertiary/aromatic N) is 1. The molecule has 1 aliphatic heterocycles. The summed E-state index contributed by atoms with van der Waals surface area (Å²) in [6.07, 6.45) is 0.494. The average Bonchev–Trinajstić information content (AvgIpc) is 3.02. The molecule has 0 radical (unpaired) electrons. The lowest BCUT2D eigenvalue weighted by molar-refractivity contribution is -0.129. The number of nitrogens with one attached hydrogen (secondary N) is 1. The first kappa shape index (κ1) is 16.6. The van der Waals surface area contributed by atoms with Crippen molar-refractivity contribution in [2.24, 2.45) is 5.92 Å². The molecule has 1 N–H and O–H groups in total. The van der Waals surface area contributed by atoms with Crippen LogP contribution >= 0.6 is 11.6 Å². The number of benzene rings is 3. The zero-order valence-electron chi connectivity index (χ0n) is 14.0. The van der Waals surface area contributed by atoms with Gasteiger partial charge in [-0.1, -0.05) is 54.1 Å². The number of carbonyl (C=O) groups excluding carboxylic acids is 2. The first-order valence-electron chi connectivity index (χ1n) is 8.49. The molecule has 130 valence electrons. The molecule has 1 aliphatic rings. The molecule has 3 aromatic carbocycles. The number of rotatable bonds is 3. The molecule has 1 unspecified atom stereocenters. The molecule has 26 heavy (non-hydrogen) atoms. The summed E-state index contributed by atoms with van der Waals surface area (Å²) in [7, 11) is 0. The van der Waals surface area contributed by atoms with Crippen LogP contribution in [0.3, 0.4) is 0 Å². The van der Waals surface area contributed by atoms with E-state index in [1.165, 1.54) is 0 Å². The monoisotopic (exact) mass is 364 g/mol. The number of carbonyl (C=O) groups is 2. The second-order valence-electron chi connectivity index (χ2n) is 6.33. The van der Waals surface area contributed by atoms with Crippen LogP contribution in [0.5, 0.6) is 0 Å². The van der Waals surface area contributed by atoms with Crippen molar-refractivity contribution in [3.63, 3.8) is 0 Å². The Morgan fingerprint density at radius 3 is 2.65 bits per heavy atom. The molecule has 0 aliphatic carbocycles. The van der Waals surface area contributed by atoms with Crippen LogP contribution in [-0.2, 0) is 9.59 Å². The lowest BCUT2D eigenvalue weighted by Crippen LogP contribution is -2.33. The minimum Gasteiger partial charge on any atom is -0.325 e. The maximum absolute atomic E-state index is 12.9. The fraction of sp³-hybridized carbons (Fsp3) is 0.143. The summed E-state index contributed by atoms with van der Waals surface area (Å²) in [6, 6.07) is 20.7. The Hall–Kier alpha value is -2.85. The molecule has 3 aromatic rings. The van der Waals surface area contributed by atoms with E-state index in [-0.39, 0.29) is 11.8 Å². The van der Waals surface area contributed by atoms with Gasteiger partial charge in [0.2, 0.25) is 11.8 Å². The standard InChI is InChI=1S/C21H17ClN2O2/c22-15-7-4-8-16(13-15)23-20(25)18-11-12-24(21(18)26)19-10-3-6-14-5-1-2-9-17(14)19/h1-10,13,18H,11-12H2,(H,23,25). The zero-order chi connectivity index (χ0) is 18.1. The quantitative estimate of drug-likeness (QED) is 0.696. The van der Waals surface area contributed by atoms with Crippen LogP contribution in [-0.4, -0.2) is 18.4 Å². The molecule has 0 saturated carbocycles. The first-order chi connectivity index (χ1) is 12.6. The number of halogens is 1. The number of hydrogen-bond donors (Lipinski definition) is 1. The second-order valence-corrected chi connectivity index (χ2v) is 6.77. The van der Waals surface area contributed by atoms with Gasteiger partial charge in [-0.2, -0.15) is 0 Å². The Morgan fingerprint density at radius 1 is 1.04 bits per heavy atom. The van der Waals surface area contributed by atoms with Gasteiger partial charge in [0, 0.05) is 22.6 Å². The highest BCUT2D eigenvalue weighted by Gasteiger charge is 2.38. The van der Waals surface area contributed by atoms with Crippen molar-refractivity contribution in [2.45, 2.75) is 6.42 Å². The molecule has 0 spiro atoms. The van der Waals surface area contributed by atoms with Crippen LogP contribution in [0.15, 0.2) is 66.7 Å². The summed E-state index contributed by atoms with van der Waals surface area (Å²) < 4.78 is 0. The molecule has 4 rings (SSSR count). The van der Waals surface area contributed by atoms with Crippen LogP contribution in [0.2, 0.25) is 5.02 Å². The fourth-order valence-electron chi connectivity index (χ4n) is 3.40. The largest absolute Gasteiger partial charge is 0.325 e. The van der Waals surface area contributed by atoms with E-state index in [0.717, 1.165) is 16.5 Å². The summed E-state index contributed by atoms with van der Waals surface area (Å²) in [4.78, 5) is 27.2. The Morgan fingerprint density at radius 2 is 1.81 bits per heavy atom. The van der Waals surface area contributed by atoms with Gasteiger partial charge in [0.25, 0.3) is 0 Å². The van der Waals surface area contributed by atoms with E-state index < -0.39 is 5.92 Å². The fourth-order valence-corrected chi connectivity index (χ4v) is 3.59. The molecule has 1 atom stereocenters. The SMILES string of the molecule is O=C(Nc1cccc(Cl)c1)C1CCN(c2cccc3ccccc23)C1=O. The van der Waals surface area contributed by atoms with Crippen molar-refractivity contribution in [3.8, 4) is 0 Å². The molecule has 1 heterocycles. The first-order valence-corrected chi connectivity index (χ1v) is 8.87. The zero-order valence-corrected chi connectivity index (χ0v) is 14.7. The van der Waals surface area contributed by atoms with Gasteiger partial charge in [0.1, 0.15) is 5.92 Å². The van der Waals surface area contributed by atoms with E-state index in [0.29, 0.717) is 23.7 Å². The lowest BCUT2D eigenvalue weighted by atomic mass is 10.1. The van der Waals surface area contributed by atoms with Crippen LogP contribution in [0.1, 0.15) is 6.42 Å². The molecule has 2 amide bonds. The Kier molecular flexibility index (Phi) is 4.35. The van der Waals surface area contributed by atoms with Crippen molar-refractivity contribution >= 4 is 45.6 Å². The smallest absolute Gasteiger partial charge is 0.239 e. The highest BCUT2D eigenvalue weighted by atomic mass is 35.5. The molecule has 0 aromatic heterocycles. The Bertz CT molecular complexity index is 997. The van der Waals surface area contributed by atoms with Gasteiger partial charge >= 0.3 is 0 Å². The van der Waals surface area contributed by atoms with Crippen molar-refractivity contribution in [2.75, 3.05) is 16.8 Å². The van der Waals surface area contributed by atoms with Gasteiger partial charge in [-0.25, -0.2) is 0 Å². The lowest BCUT2D eigenvalue weighted by Gasteiger charge is -2.19. The van der Waals surface area contributed by atoms with Gasteiger partial charge < -0.3 is 10.2 Å². The third-order valence-electron chi connectivity index (χ3n) is 4.67. The number of amides is 2. The van der Waals surface area contributed by atoms with E-state index in [1.54, 1.807) is 29.2 Å². The minimum absolute atomic E-state index is 0.166. The van der Waals surface area contributed by atoms with Gasteiger partial charge in [0.05, 0.1) is 5.69 Å². The Balaban J connectivity index is 1.57. The maximum atomic E-state index is 12.9. The van der Waals surface area contributed by atoms with Gasteiger partial charge in [0.15, 0.2) is 0 Å². The molecule has 5 heteroatoms. The average molecular weight is 365 g/mol. The predicted octanol–water partition coefficient (Wildman–Crippen LogP) is 4.48. The maximum Gasteiger partial charge on any atom is 0.239 e. The van der Waals surface area contributed by atoms with E-state index in [1.807, 2.05) is 42.5 Å². The van der Waals surface area contributed by atoms with E-state index >= 15 is 0 Å². The Labute approximate surface area is 156 Å². The summed E-state index contributed by atoms with van der Waals surface area (Å²) >= 11 is 5.95. The number of anilines is 2. The predicted molar refractivity (Wildman–Crippen MR) is 104 cm³/mol. The van der Waals surface area contributed by atoms with Crippen molar-refractivity contribution in [3.05, 3.63) is 71.8 Å². The molecule has 1 fully saturated rings. The molecular formula is C21H17ClN2O2. The minimum atomic E-state index is -0.687. The van der Waals surface area contributed by atoms with Crippen LogP contribution in [0.25, 0.3) is 10.8 Å². The summed E-state index contributed by atoms with van der Waals surface area (Å²) in [5.74, 6) is -1.14. The molecule has 4 nitrogen and oxygen atoms in total.